The summed E-state index contributed by atoms with van der Waals surface area (Å²) in [7, 11) is 1.38. The summed E-state index contributed by atoms with van der Waals surface area (Å²) in [4.78, 5) is 10.8. The van der Waals surface area contributed by atoms with Gasteiger partial charge in [-0.3, -0.25) is 0 Å². The second kappa shape index (κ2) is 6.49. The summed E-state index contributed by atoms with van der Waals surface area (Å²) in [5.41, 5.74) is 0. The summed E-state index contributed by atoms with van der Waals surface area (Å²) in [5.74, 6) is 1.36. The largest absolute Gasteiger partial charge is 0.466 e. The van der Waals surface area contributed by atoms with Crippen LogP contribution in [0.3, 0.4) is 0 Å². The number of rotatable bonds is 4. The van der Waals surface area contributed by atoms with Gasteiger partial charge >= 0.3 is 5.97 Å². The van der Waals surface area contributed by atoms with Crippen molar-refractivity contribution in [2.24, 2.45) is 11.8 Å². The Kier molecular flexibility index (Phi) is 5.22. The average Bonchev–Trinajstić information content (AvgIpc) is 2.26. The van der Waals surface area contributed by atoms with Gasteiger partial charge in [-0.05, 0) is 24.7 Å². The van der Waals surface area contributed by atoms with Crippen LogP contribution in [0, 0.1) is 11.8 Å². The molecule has 1 aliphatic carbocycles. The number of methoxy groups -OCH3 is 1. The lowest BCUT2D eigenvalue weighted by Crippen LogP contribution is -2.22. The van der Waals surface area contributed by atoms with Crippen LogP contribution in [-0.4, -0.2) is 19.6 Å². The van der Waals surface area contributed by atoms with Crippen molar-refractivity contribution in [3.05, 3.63) is 12.3 Å². The maximum Gasteiger partial charge on any atom is 0.331 e. The minimum absolute atomic E-state index is 0.306. The molecular formula is C12H21NO2. The standard InChI is InChI=1S/C12H21NO2/c1-10-3-5-11(6-4-10)9-13-8-7-12(14)15-2/h7-8,10-11,13H,3-6,9H2,1-2H3/b8-7+. The van der Waals surface area contributed by atoms with Crippen molar-refractivity contribution in [2.45, 2.75) is 32.6 Å². The third-order valence-corrected chi connectivity index (χ3v) is 3.08. The van der Waals surface area contributed by atoms with E-state index in [1.54, 1.807) is 6.20 Å². The van der Waals surface area contributed by atoms with Crippen molar-refractivity contribution in [1.29, 1.82) is 0 Å². The molecule has 0 unspecified atom stereocenters. The zero-order valence-corrected chi connectivity index (χ0v) is 9.66. The van der Waals surface area contributed by atoms with E-state index in [-0.39, 0.29) is 5.97 Å². The second-order valence-electron chi connectivity index (χ2n) is 4.39. The van der Waals surface area contributed by atoms with Gasteiger partial charge in [0.05, 0.1) is 7.11 Å². The predicted octanol–water partition coefficient (Wildman–Crippen LogP) is 2.09. The fourth-order valence-electron chi connectivity index (χ4n) is 1.96. The molecule has 1 N–H and O–H groups in total. The monoisotopic (exact) mass is 211 g/mol. The van der Waals surface area contributed by atoms with Gasteiger partial charge < -0.3 is 10.1 Å². The van der Waals surface area contributed by atoms with Crippen molar-refractivity contribution in [3.63, 3.8) is 0 Å². The Morgan fingerprint density at radius 3 is 2.67 bits per heavy atom. The fourth-order valence-corrected chi connectivity index (χ4v) is 1.96. The van der Waals surface area contributed by atoms with Gasteiger partial charge in [0, 0.05) is 18.8 Å². The highest BCUT2D eigenvalue weighted by Crippen LogP contribution is 2.27. The van der Waals surface area contributed by atoms with E-state index >= 15 is 0 Å². The van der Waals surface area contributed by atoms with Crippen molar-refractivity contribution in [2.75, 3.05) is 13.7 Å². The molecule has 86 valence electrons. The van der Waals surface area contributed by atoms with E-state index in [9.17, 15) is 4.79 Å². The van der Waals surface area contributed by atoms with Crippen LogP contribution in [-0.2, 0) is 9.53 Å². The van der Waals surface area contributed by atoms with Crippen LogP contribution in [0.5, 0.6) is 0 Å². The minimum Gasteiger partial charge on any atom is -0.466 e. The first-order valence-electron chi connectivity index (χ1n) is 5.70. The molecule has 0 heterocycles. The molecule has 0 aliphatic heterocycles. The summed E-state index contributed by atoms with van der Waals surface area (Å²) < 4.78 is 4.49. The summed E-state index contributed by atoms with van der Waals surface area (Å²) in [6.07, 6.45) is 8.40. The molecule has 0 amide bonds. The van der Waals surface area contributed by atoms with Crippen LogP contribution in [0.15, 0.2) is 12.3 Å². The van der Waals surface area contributed by atoms with Crippen LogP contribution in [0.2, 0.25) is 0 Å². The molecule has 0 saturated heterocycles. The molecule has 3 heteroatoms. The predicted molar refractivity (Wildman–Crippen MR) is 60.3 cm³/mol. The highest BCUT2D eigenvalue weighted by Gasteiger charge is 2.17. The van der Waals surface area contributed by atoms with E-state index in [0.29, 0.717) is 0 Å². The number of carbonyl (C=O) groups is 1. The van der Waals surface area contributed by atoms with E-state index < -0.39 is 0 Å². The van der Waals surface area contributed by atoms with E-state index in [1.165, 1.54) is 38.9 Å². The molecule has 3 nitrogen and oxygen atoms in total. The van der Waals surface area contributed by atoms with E-state index in [4.69, 9.17) is 0 Å². The van der Waals surface area contributed by atoms with Gasteiger partial charge in [-0.15, -0.1) is 0 Å². The molecule has 0 aromatic heterocycles. The first-order chi connectivity index (χ1) is 7.22. The van der Waals surface area contributed by atoms with Gasteiger partial charge in [-0.25, -0.2) is 4.79 Å². The second-order valence-corrected chi connectivity index (χ2v) is 4.39. The van der Waals surface area contributed by atoms with Crippen LogP contribution in [0.25, 0.3) is 0 Å². The lowest BCUT2D eigenvalue weighted by molar-refractivity contribution is -0.134. The Hall–Kier alpha value is -0.990. The molecule has 15 heavy (non-hydrogen) atoms. The molecule has 0 bridgehead atoms. The Morgan fingerprint density at radius 2 is 2.07 bits per heavy atom. The number of carbonyl (C=O) groups excluding carboxylic acids is 1. The normalized spacial score (nSPS) is 26.5. The van der Waals surface area contributed by atoms with E-state index in [2.05, 4.69) is 17.0 Å². The first-order valence-corrected chi connectivity index (χ1v) is 5.70. The van der Waals surface area contributed by atoms with Crippen LogP contribution >= 0.6 is 0 Å². The number of hydrogen-bond acceptors (Lipinski definition) is 3. The summed E-state index contributed by atoms with van der Waals surface area (Å²) in [6, 6.07) is 0. The SMILES string of the molecule is COC(=O)/C=C/NCC1CCC(C)CC1. The van der Waals surface area contributed by atoms with Crippen molar-refractivity contribution in [1.82, 2.24) is 5.32 Å². The van der Waals surface area contributed by atoms with E-state index in [0.717, 1.165) is 18.4 Å². The van der Waals surface area contributed by atoms with Crippen molar-refractivity contribution < 1.29 is 9.53 Å². The van der Waals surface area contributed by atoms with Gasteiger partial charge in [-0.1, -0.05) is 19.8 Å². The zero-order valence-electron chi connectivity index (χ0n) is 9.66. The third kappa shape index (κ3) is 4.86. The van der Waals surface area contributed by atoms with Gasteiger partial charge in [0.15, 0.2) is 0 Å². The molecule has 0 spiro atoms. The van der Waals surface area contributed by atoms with Gasteiger partial charge in [0.2, 0.25) is 0 Å². The molecule has 0 aromatic carbocycles. The lowest BCUT2D eigenvalue weighted by Gasteiger charge is -2.25. The Bertz CT molecular complexity index is 218. The van der Waals surface area contributed by atoms with Gasteiger partial charge in [0.25, 0.3) is 0 Å². The number of hydrogen-bond donors (Lipinski definition) is 1. The molecule has 0 atom stereocenters. The highest BCUT2D eigenvalue weighted by molar-refractivity contribution is 5.81. The van der Waals surface area contributed by atoms with Crippen LogP contribution in [0.1, 0.15) is 32.6 Å². The molecule has 0 radical (unpaired) electrons. The quantitative estimate of drug-likeness (QED) is 0.571. The maximum atomic E-state index is 10.8. The molecule has 1 rings (SSSR count). The topological polar surface area (TPSA) is 38.3 Å². The maximum absolute atomic E-state index is 10.8. The zero-order chi connectivity index (χ0) is 11.1. The Balaban J connectivity index is 2.10. The minimum atomic E-state index is -0.306. The van der Waals surface area contributed by atoms with Crippen molar-refractivity contribution >= 4 is 5.97 Å². The Morgan fingerprint density at radius 1 is 1.40 bits per heavy atom. The van der Waals surface area contributed by atoms with Crippen LogP contribution < -0.4 is 5.32 Å². The summed E-state index contributed by atoms with van der Waals surface area (Å²) in [6.45, 7) is 3.29. The summed E-state index contributed by atoms with van der Waals surface area (Å²) in [5, 5.41) is 3.15. The first kappa shape index (κ1) is 12.1. The van der Waals surface area contributed by atoms with Crippen molar-refractivity contribution in [3.8, 4) is 0 Å². The number of nitrogens with one attached hydrogen (secondary N) is 1. The molecule has 1 aliphatic rings. The highest BCUT2D eigenvalue weighted by atomic mass is 16.5. The van der Waals surface area contributed by atoms with Gasteiger partial charge in [-0.2, -0.15) is 0 Å². The van der Waals surface area contributed by atoms with Gasteiger partial charge in [0.1, 0.15) is 0 Å². The summed E-state index contributed by atoms with van der Waals surface area (Å²) >= 11 is 0. The Labute approximate surface area is 91.9 Å². The third-order valence-electron chi connectivity index (χ3n) is 3.08. The smallest absolute Gasteiger partial charge is 0.331 e. The lowest BCUT2D eigenvalue weighted by atomic mass is 9.83. The molecule has 1 fully saturated rings. The fraction of sp³-hybridized carbons (Fsp3) is 0.750. The average molecular weight is 211 g/mol. The van der Waals surface area contributed by atoms with Crippen LogP contribution in [0.4, 0.5) is 0 Å². The number of esters is 1. The number of ether oxygens (including phenoxy) is 1. The molecular weight excluding hydrogens is 190 g/mol. The molecule has 0 aromatic rings. The van der Waals surface area contributed by atoms with E-state index in [1.807, 2.05) is 0 Å². The molecule has 1 saturated carbocycles.